The van der Waals surface area contributed by atoms with Crippen LogP contribution in [-0.2, 0) is 10.9 Å². The predicted molar refractivity (Wildman–Crippen MR) is 125 cm³/mol. The Balaban J connectivity index is 2.04. The maximum absolute atomic E-state index is 12.8. The second kappa shape index (κ2) is 9.34. The number of carbonyl (C=O) groups is 1. The molecule has 0 fully saturated rings. The molecule has 2 rings (SSSR count). The second-order valence-electron chi connectivity index (χ2n) is 10.0. The molecule has 0 N–H and O–H groups in total. The van der Waals surface area contributed by atoms with Crippen molar-refractivity contribution in [3.05, 3.63) is 65.2 Å². The van der Waals surface area contributed by atoms with Gasteiger partial charge in [-0.3, -0.25) is 0 Å². The quantitative estimate of drug-likeness (QED) is 0.355. The van der Waals surface area contributed by atoms with Crippen molar-refractivity contribution < 1.29 is 4.79 Å². The third-order valence-corrected chi connectivity index (χ3v) is 13.9. The van der Waals surface area contributed by atoms with Crippen LogP contribution in [0, 0.1) is 0 Å². The molecule has 0 bridgehead atoms. The Morgan fingerprint density at radius 1 is 0.778 bits per heavy atom. The van der Waals surface area contributed by atoms with E-state index < -0.39 is 36.8 Å². The van der Waals surface area contributed by atoms with Crippen LogP contribution in [0.2, 0.25) is 34.1 Å². The zero-order chi connectivity index (χ0) is 20.2. The first-order valence-electron chi connectivity index (χ1n) is 9.91. The molecule has 27 heavy (non-hydrogen) atoms. The molecule has 2 aromatic carbocycles. The van der Waals surface area contributed by atoms with Crippen LogP contribution in [0.25, 0.3) is 0 Å². The van der Waals surface area contributed by atoms with Crippen LogP contribution in [0.5, 0.6) is 0 Å². The van der Waals surface area contributed by atoms with Crippen LogP contribution in [0.4, 0.5) is 5.69 Å². The number of rotatable bonds is 7. The zero-order valence-corrected chi connectivity index (χ0v) is 23.8. The Morgan fingerprint density at radius 3 is 1.78 bits per heavy atom. The van der Waals surface area contributed by atoms with E-state index in [1.165, 1.54) is 20.0 Å². The Hall–Kier alpha value is -0.493. The first kappa shape index (κ1) is 22.8. The van der Waals surface area contributed by atoms with Gasteiger partial charge in [0.2, 0.25) is 0 Å². The summed E-state index contributed by atoms with van der Waals surface area (Å²) in [5.41, 5.74) is 4.46. The Kier molecular flexibility index (Phi) is 7.88. The molecular formula is C23H35NOSn2. The zero-order valence-electron chi connectivity index (χ0n) is 18.1. The van der Waals surface area contributed by atoms with Gasteiger partial charge < -0.3 is 0 Å². The third kappa shape index (κ3) is 7.80. The summed E-state index contributed by atoms with van der Waals surface area (Å²) in [5.74, 6) is 0.0549. The molecule has 0 aliphatic heterocycles. The summed E-state index contributed by atoms with van der Waals surface area (Å²) in [6.07, 6.45) is 1.14. The number of hydrogen-bond acceptors (Lipinski definition) is 1. The molecule has 0 radical (unpaired) electrons. The standard InChI is InChI=1S/C17H17NO.6CH3.2Sn/c1-4-14-7-9-15(10-8-14)17(19)18(3)16-11-5-13(2)6-12-16;;;;;;;;/h5-12H,1-2,4H2,3H3;6*1H3;;. The van der Waals surface area contributed by atoms with Crippen LogP contribution >= 0.6 is 0 Å². The van der Waals surface area contributed by atoms with Gasteiger partial charge in [0.1, 0.15) is 0 Å². The van der Waals surface area contributed by atoms with Gasteiger partial charge in [-0.2, -0.15) is 0 Å². The molecule has 146 valence electrons. The fourth-order valence-corrected chi connectivity index (χ4v) is 10.2. The number of aryl methyl sites for hydroxylation is 1. The van der Waals surface area contributed by atoms with Gasteiger partial charge in [0.15, 0.2) is 0 Å². The maximum atomic E-state index is 12.8. The molecule has 1 amide bonds. The van der Waals surface area contributed by atoms with Crippen LogP contribution in [0.3, 0.4) is 0 Å². The molecular weight excluding hydrogens is 544 g/mol. The van der Waals surface area contributed by atoms with E-state index in [2.05, 4.69) is 66.0 Å². The Bertz CT molecular complexity index is 753. The van der Waals surface area contributed by atoms with Gasteiger partial charge in [-0.05, 0) is 0 Å². The molecule has 2 nitrogen and oxygen atoms in total. The number of nitrogens with zero attached hydrogens (tertiary/aromatic N) is 1. The average Bonchev–Trinajstić information content (AvgIpc) is 2.58. The number of carbonyl (C=O) groups excluding carboxylic acids is 1. The summed E-state index contributed by atoms with van der Waals surface area (Å²) in [7, 11) is 1.86. The van der Waals surface area contributed by atoms with Crippen molar-refractivity contribution in [3.8, 4) is 0 Å². The first-order chi connectivity index (χ1) is 12.4. The summed E-state index contributed by atoms with van der Waals surface area (Å²) in [6, 6.07) is 16.7. The SMILES string of the molecule is CN(C(=O)c1ccc(C[CH2][Sn]([CH3])([CH3])[CH3])cc1)c1ccc([CH2][Sn]([CH3])([CH3])[CH3])cc1. The summed E-state index contributed by atoms with van der Waals surface area (Å²) >= 11 is -3.55. The van der Waals surface area contributed by atoms with Gasteiger partial charge in [-0.15, -0.1) is 0 Å². The van der Waals surface area contributed by atoms with Gasteiger partial charge in [-0.25, -0.2) is 0 Å². The van der Waals surface area contributed by atoms with E-state index in [1.54, 1.807) is 4.90 Å². The van der Waals surface area contributed by atoms with E-state index in [4.69, 9.17) is 0 Å². The molecule has 0 aliphatic rings. The summed E-state index contributed by atoms with van der Waals surface area (Å²) in [5, 5.41) is 0. The van der Waals surface area contributed by atoms with E-state index >= 15 is 0 Å². The molecule has 0 spiro atoms. The Morgan fingerprint density at radius 2 is 1.30 bits per heavy atom. The van der Waals surface area contributed by atoms with Gasteiger partial charge in [0.05, 0.1) is 0 Å². The molecule has 0 atom stereocenters. The fraction of sp³-hybridized carbons (Fsp3) is 0.435. The molecule has 4 heteroatoms. The number of anilines is 1. The third-order valence-electron chi connectivity index (χ3n) is 4.73. The van der Waals surface area contributed by atoms with Gasteiger partial charge in [0.25, 0.3) is 0 Å². The summed E-state index contributed by atoms with van der Waals surface area (Å²) in [6.45, 7) is 0. The van der Waals surface area contributed by atoms with Crippen LogP contribution < -0.4 is 4.90 Å². The van der Waals surface area contributed by atoms with Gasteiger partial charge in [-0.1, -0.05) is 0 Å². The topological polar surface area (TPSA) is 20.3 Å². The van der Waals surface area contributed by atoms with Crippen LogP contribution in [-0.4, -0.2) is 49.7 Å². The van der Waals surface area contributed by atoms with Gasteiger partial charge >= 0.3 is 175 Å². The van der Waals surface area contributed by atoms with Gasteiger partial charge in [0, 0.05) is 0 Å². The van der Waals surface area contributed by atoms with Crippen LogP contribution in [0.1, 0.15) is 21.5 Å². The van der Waals surface area contributed by atoms with E-state index in [-0.39, 0.29) is 5.91 Å². The number of amides is 1. The Labute approximate surface area is 174 Å². The van der Waals surface area contributed by atoms with E-state index in [0.717, 1.165) is 17.7 Å². The monoisotopic (exact) mass is 581 g/mol. The fourth-order valence-electron chi connectivity index (χ4n) is 3.09. The molecule has 0 unspecified atom stereocenters. The summed E-state index contributed by atoms with van der Waals surface area (Å²) in [4.78, 5) is 29.4. The minimum atomic E-state index is -1.83. The van der Waals surface area contributed by atoms with E-state index in [1.807, 2.05) is 19.2 Å². The minimum absolute atomic E-state index is 0.0549. The van der Waals surface area contributed by atoms with Crippen molar-refractivity contribution in [2.45, 2.75) is 44.9 Å². The second-order valence-corrected chi connectivity index (χ2v) is 41.7. The summed E-state index contributed by atoms with van der Waals surface area (Å²) < 4.78 is 2.60. The van der Waals surface area contributed by atoms with Crippen molar-refractivity contribution in [2.75, 3.05) is 11.9 Å². The van der Waals surface area contributed by atoms with Crippen molar-refractivity contribution >= 4 is 48.3 Å². The van der Waals surface area contributed by atoms with Crippen molar-refractivity contribution in [2.24, 2.45) is 0 Å². The van der Waals surface area contributed by atoms with Crippen molar-refractivity contribution in [1.29, 1.82) is 0 Å². The van der Waals surface area contributed by atoms with Crippen molar-refractivity contribution in [3.63, 3.8) is 0 Å². The molecule has 0 heterocycles. The molecule has 0 saturated carbocycles. The van der Waals surface area contributed by atoms with Crippen molar-refractivity contribution in [1.82, 2.24) is 0 Å². The van der Waals surface area contributed by atoms with E-state index in [9.17, 15) is 4.79 Å². The van der Waals surface area contributed by atoms with Crippen LogP contribution in [0.15, 0.2) is 48.5 Å². The molecule has 0 aliphatic carbocycles. The number of benzene rings is 2. The number of hydrogen-bond donors (Lipinski definition) is 0. The predicted octanol–water partition coefficient (Wildman–Crippen LogP) is 6.26. The molecule has 0 aromatic heterocycles. The average molecular weight is 579 g/mol. The molecule has 0 saturated heterocycles. The van der Waals surface area contributed by atoms with E-state index in [0.29, 0.717) is 0 Å². The normalized spacial score (nSPS) is 12.1. The molecule has 2 aromatic rings. The first-order valence-corrected chi connectivity index (χ1v) is 31.1.